The number of nitrogens with one attached hydrogen (secondary N) is 1. The topological polar surface area (TPSA) is 127 Å². The van der Waals surface area contributed by atoms with Crippen molar-refractivity contribution in [1.29, 1.82) is 0 Å². The zero-order valence-corrected chi connectivity index (χ0v) is 17.3. The summed E-state index contributed by atoms with van der Waals surface area (Å²) in [5, 5.41) is 20.5. The lowest BCUT2D eigenvalue weighted by Crippen LogP contribution is -2.19. The molecule has 2 heterocycles. The maximum absolute atomic E-state index is 12.4. The highest BCUT2D eigenvalue weighted by atomic mass is 16.4. The van der Waals surface area contributed by atoms with E-state index < -0.39 is 18.0 Å². The zero-order chi connectivity index (χ0) is 22.0. The molecule has 9 heteroatoms. The third kappa shape index (κ3) is 4.56. The molecule has 0 aliphatic carbocycles. The van der Waals surface area contributed by atoms with Gasteiger partial charge in [0.15, 0.2) is 0 Å². The molecule has 0 aliphatic rings. The molecule has 3 aromatic rings. The molecule has 0 saturated carbocycles. The minimum absolute atomic E-state index is 0.00359. The van der Waals surface area contributed by atoms with E-state index in [1.807, 2.05) is 0 Å². The van der Waals surface area contributed by atoms with E-state index in [0.29, 0.717) is 22.6 Å². The number of hydrogen-bond donors (Lipinski definition) is 2. The molecule has 0 fully saturated rings. The van der Waals surface area contributed by atoms with E-state index in [-0.39, 0.29) is 29.5 Å². The van der Waals surface area contributed by atoms with E-state index in [1.54, 1.807) is 31.3 Å². The molecule has 1 amide bonds. The van der Waals surface area contributed by atoms with Crippen molar-refractivity contribution in [2.75, 3.05) is 5.32 Å². The van der Waals surface area contributed by atoms with Gasteiger partial charge in [-0.05, 0) is 30.5 Å². The van der Waals surface area contributed by atoms with Gasteiger partial charge in [0.05, 0.1) is 17.7 Å². The fraction of sp³-hybridized carbons (Fsp3) is 0.381. The van der Waals surface area contributed by atoms with E-state index in [9.17, 15) is 14.4 Å². The fourth-order valence-corrected chi connectivity index (χ4v) is 3.12. The number of aliphatic carboxylic acids is 1. The molecule has 1 atom stereocenters. The highest BCUT2D eigenvalue weighted by Crippen LogP contribution is 2.24. The Hall–Kier alpha value is -3.49. The highest BCUT2D eigenvalue weighted by molar-refractivity contribution is 5.93. The number of carboxylic acids is 1. The van der Waals surface area contributed by atoms with Crippen LogP contribution in [0.3, 0.4) is 0 Å². The Bertz CT molecular complexity index is 1160. The van der Waals surface area contributed by atoms with Crippen LogP contribution in [0.4, 0.5) is 5.69 Å². The molecule has 3 rings (SSSR count). The van der Waals surface area contributed by atoms with Gasteiger partial charge in [-0.1, -0.05) is 26.0 Å². The molecule has 2 aromatic heterocycles. The van der Waals surface area contributed by atoms with Crippen molar-refractivity contribution in [3.63, 3.8) is 0 Å². The van der Waals surface area contributed by atoms with E-state index in [2.05, 4.69) is 36.4 Å². The molecule has 0 saturated heterocycles. The third-order valence-corrected chi connectivity index (χ3v) is 5.23. The highest BCUT2D eigenvalue weighted by Gasteiger charge is 2.16. The number of aromatic nitrogens is 3. The molecular formula is C21H24N4O5. The summed E-state index contributed by atoms with van der Waals surface area (Å²) in [7, 11) is 0. The Morgan fingerprint density at radius 3 is 2.67 bits per heavy atom. The molecule has 158 valence electrons. The third-order valence-electron chi connectivity index (χ3n) is 5.23. The number of hydrogen-bond acceptors (Lipinski definition) is 6. The van der Waals surface area contributed by atoms with Gasteiger partial charge in [-0.3, -0.25) is 9.59 Å². The van der Waals surface area contributed by atoms with Gasteiger partial charge in [0.2, 0.25) is 5.91 Å². The van der Waals surface area contributed by atoms with Crippen LogP contribution in [0.1, 0.15) is 43.5 Å². The quantitative estimate of drug-likeness (QED) is 0.571. The molecule has 0 spiro atoms. The molecule has 1 unspecified atom stereocenters. The van der Waals surface area contributed by atoms with Gasteiger partial charge in [-0.2, -0.15) is 0 Å². The molecule has 2 N–H and O–H groups in total. The van der Waals surface area contributed by atoms with Gasteiger partial charge in [-0.25, -0.2) is 9.48 Å². The summed E-state index contributed by atoms with van der Waals surface area (Å²) >= 11 is 0. The van der Waals surface area contributed by atoms with E-state index in [4.69, 9.17) is 9.52 Å². The normalized spacial score (nSPS) is 12.3. The van der Waals surface area contributed by atoms with Crippen molar-refractivity contribution in [3.8, 4) is 0 Å². The van der Waals surface area contributed by atoms with Crippen LogP contribution in [-0.2, 0) is 22.6 Å². The Balaban J connectivity index is 1.77. The van der Waals surface area contributed by atoms with Crippen LogP contribution < -0.4 is 10.9 Å². The summed E-state index contributed by atoms with van der Waals surface area (Å²) in [6, 6.07) is 4.90. The number of amides is 1. The number of fused-ring (bicyclic) bond motifs is 1. The zero-order valence-electron chi connectivity index (χ0n) is 17.3. The van der Waals surface area contributed by atoms with Crippen LogP contribution in [0, 0.1) is 12.8 Å². The largest absolute Gasteiger partial charge is 0.481 e. The van der Waals surface area contributed by atoms with Gasteiger partial charge in [0.25, 0.3) is 0 Å². The second-order valence-corrected chi connectivity index (χ2v) is 7.70. The molecule has 9 nitrogen and oxygen atoms in total. The Kier molecular flexibility index (Phi) is 6.00. The average Bonchev–Trinajstić information content (AvgIpc) is 3.12. The molecule has 30 heavy (non-hydrogen) atoms. The van der Waals surface area contributed by atoms with Crippen molar-refractivity contribution in [1.82, 2.24) is 15.0 Å². The summed E-state index contributed by atoms with van der Waals surface area (Å²) in [4.78, 5) is 35.5. The van der Waals surface area contributed by atoms with Crippen molar-refractivity contribution in [3.05, 3.63) is 51.6 Å². The number of carbonyl (C=O) groups is 2. The average molecular weight is 412 g/mol. The van der Waals surface area contributed by atoms with Crippen molar-refractivity contribution < 1.29 is 19.1 Å². The summed E-state index contributed by atoms with van der Waals surface area (Å²) in [5.41, 5.74) is 1.54. The Morgan fingerprint density at radius 2 is 2.00 bits per heavy atom. The number of carbonyl (C=O) groups excluding carboxylic acids is 1. The Morgan fingerprint density at radius 1 is 1.27 bits per heavy atom. The first-order chi connectivity index (χ1) is 14.2. The smallest absolute Gasteiger partial charge is 0.340 e. The number of anilines is 1. The van der Waals surface area contributed by atoms with E-state index in [0.717, 1.165) is 5.69 Å². The first-order valence-corrected chi connectivity index (χ1v) is 9.63. The summed E-state index contributed by atoms with van der Waals surface area (Å²) in [6.45, 7) is 7.93. The van der Waals surface area contributed by atoms with Crippen molar-refractivity contribution in [2.24, 2.45) is 5.92 Å². The number of benzene rings is 1. The lowest BCUT2D eigenvalue weighted by atomic mass is 9.95. The Labute approximate surface area is 172 Å². The van der Waals surface area contributed by atoms with Gasteiger partial charge in [-0.15, -0.1) is 5.10 Å². The number of aryl methyl sites for hydroxylation is 1. The lowest BCUT2D eigenvalue weighted by molar-refractivity contribution is -0.136. The second-order valence-electron chi connectivity index (χ2n) is 7.70. The maximum atomic E-state index is 12.4. The monoisotopic (exact) mass is 412 g/mol. The van der Waals surface area contributed by atoms with E-state index >= 15 is 0 Å². The number of rotatable bonds is 7. The van der Waals surface area contributed by atoms with Crippen LogP contribution in [-0.4, -0.2) is 32.0 Å². The minimum Gasteiger partial charge on any atom is -0.481 e. The van der Waals surface area contributed by atoms with Gasteiger partial charge >= 0.3 is 11.6 Å². The molecule has 0 radical (unpaired) electrons. The molecule has 0 bridgehead atoms. The predicted molar refractivity (Wildman–Crippen MR) is 110 cm³/mol. The number of carboxylic acid groups (broad SMARTS) is 1. The van der Waals surface area contributed by atoms with Gasteiger partial charge in [0.1, 0.15) is 12.1 Å². The van der Waals surface area contributed by atoms with Crippen LogP contribution in [0.25, 0.3) is 11.0 Å². The summed E-state index contributed by atoms with van der Waals surface area (Å²) < 4.78 is 6.75. The van der Waals surface area contributed by atoms with Gasteiger partial charge < -0.3 is 14.8 Å². The summed E-state index contributed by atoms with van der Waals surface area (Å²) in [6.07, 6.45) is 1.36. The van der Waals surface area contributed by atoms with Crippen LogP contribution in [0.2, 0.25) is 0 Å². The molecular weight excluding hydrogens is 388 g/mol. The first kappa shape index (κ1) is 21.2. The fourth-order valence-electron chi connectivity index (χ4n) is 3.12. The standard InChI is InChI=1S/C21H24N4O5/c1-11(2)12(3)17-9-25(24-23-17)10-19(26)22-14-5-6-15-13(4)16(8-20(27)28)21(29)30-18(15)7-14/h5-7,9,11-12H,8,10H2,1-4H3,(H,22,26)(H,27,28). The molecule has 0 aliphatic heterocycles. The minimum atomic E-state index is -1.10. The predicted octanol–water partition coefficient (Wildman–Crippen LogP) is 2.72. The van der Waals surface area contributed by atoms with E-state index in [1.165, 1.54) is 4.68 Å². The first-order valence-electron chi connectivity index (χ1n) is 9.63. The van der Waals surface area contributed by atoms with Crippen LogP contribution in [0.5, 0.6) is 0 Å². The number of nitrogens with zero attached hydrogens (tertiary/aromatic N) is 3. The van der Waals surface area contributed by atoms with Crippen LogP contribution in [0.15, 0.2) is 33.6 Å². The maximum Gasteiger partial charge on any atom is 0.340 e. The molecule has 1 aromatic carbocycles. The van der Waals surface area contributed by atoms with Crippen LogP contribution >= 0.6 is 0 Å². The summed E-state index contributed by atoms with van der Waals surface area (Å²) in [5.74, 6) is -0.757. The lowest BCUT2D eigenvalue weighted by Gasteiger charge is -2.11. The van der Waals surface area contributed by atoms with Crippen molar-refractivity contribution in [2.45, 2.75) is 46.6 Å². The second kappa shape index (κ2) is 8.48. The van der Waals surface area contributed by atoms with Crippen molar-refractivity contribution >= 4 is 28.5 Å². The SMILES string of the molecule is Cc1c(CC(=O)O)c(=O)oc2cc(NC(=O)Cn3cc(C(C)C(C)C)nn3)ccc12. The van der Waals surface area contributed by atoms with Gasteiger partial charge in [0, 0.05) is 29.3 Å².